The Kier molecular flexibility index (Phi) is 5.02. The number of furan rings is 1. The maximum Gasteiger partial charge on any atom is 0.122 e. The summed E-state index contributed by atoms with van der Waals surface area (Å²) in [5.74, 6) is 0.976. The maximum atomic E-state index is 5.97. The number of benzene rings is 1. The van der Waals surface area contributed by atoms with Crippen LogP contribution in [-0.4, -0.2) is 25.5 Å². The molecule has 0 spiro atoms. The third-order valence-corrected chi connectivity index (χ3v) is 3.29. The van der Waals surface area contributed by atoms with Gasteiger partial charge >= 0.3 is 0 Å². The van der Waals surface area contributed by atoms with Crippen molar-refractivity contribution in [3.63, 3.8) is 0 Å². The van der Waals surface area contributed by atoms with E-state index in [1.807, 2.05) is 44.4 Å². The lowest BCUT2D eigenvalue weighted by Gasteiger charge is -2.22. The largest absolute Gasteiger partial charge is 0.468 e. The van der Waals surface area contributed by atoms with Gasteiger partial charge in [0.05, 0.1) is 12.3 Å². The van der Waals surface area contributed by atoms with Crippen LogP contribution in [0.1, 0.15) is 17.4 Å². The molecule has 1 aromatic heterocycles. The molecule has 1 heterocycles. The average molecular weight is 279 g/mol. The molecule has 0 saturated heterocycles. The molecule has 3 nitrogen and oxygen atoms in total. The van der Waals surface area contributed by atoms with Crippen LogP contribution in [0.4, 0.5) is 0 Å². The fourth-order valence-electron chi connectivity index (χ4n) is 2.02. The quantitative estimate of drug-likeness (QED) is 0.879. The Morgan fingerprint density at radius 2 is 2.11 bits per heavy atom. The number of nitrogens with one attached hydrogen (secondary N) is 1. The number of nitrogens with zero attached hydrogens (tertiary/aromatic N) is 1. The second-order valence-electron chi connectivity index (χ2n) is 4.76. The smallest absolute Gasteiger partial charge is 0.122 e. The number of hydrogen-bond donors (Lipinski definition) is 1. The van der Waals surface area contributed by atoms with E-state index < -0.39 is 0 Å². The molecule has 2 aromatic rings. The van der Waals surface area contributed by atoms with Gasteiger partial charge in [-0.05, 0) is 43.9 Å². The van der Waals surface area contributed by atoms with Gasteiger partial charge in [-0.25, -0.2) is 0 Å². The first-order chi connectivity index (χ1) is 9.16. The van der Waals surface area contributed by atoms with Crippen LogP contribution in [-0.2, 0) is 6.54 Å². The van der Waals surface area contributed by atoms with Crippen molar-refractivity contribution in [3.8, 4) is 0 Å². The molecule has 1 atom stereocenters. The van der Waals surface area contributed by atoms with Gasteiger partial charge in [-0.1, -0.05) is 23.7 Å². The monoisotopic (exact) mass is 278 g/mol. The Labute approximate surface area is 119 Å². The highest BCUT2D eigenvalue weighted by Gasteiger charge is 2.15. The summed E-state index contributed by atoms with van der Waals surface area (Å²) >= 11 is 5.97. The van der Waals surface area contributed by atoms with E-state index >= 15 is 0 Å². The Hall–Kier alpha value is -1.29. The summed E-state index contributed by atoms with van der Waals surface area (Å²) in [6, 6.07) is 12.1. The van der Waals surface area contributed by atoms with E-state index in [0.717, 1.165) is 23.9 Å². The van der Waals surface area contributed by atoms with Gasteiger partial charge in [-0.3, -0.25) is 4.90 Å². The van der Waals surface area contributed by atoms with Crippen LogP contribution in [0, 0.1) is 0 Å². The summed E-state index contributed by atoms with van der Waals surface area (Å²) in [6.07, 6.45) is 1.71. The number of likely N-dealkylation sites (N-methyl/N-ethyl adjacent to an activating group) is 1. The fourth-order valence-corrected chi connectivity index (χ4v) is 2.23. The first kappa shape index (κ1) is 14.1. The van der Waals surface area contributed by atoms with Gasteiger partial charge < -0.3 is 9.73 Å². The summed E-state index contributed by atoms with van der Waals surface area (Å²) < 4.78 is 5.48. The summed E-state index contributed by atoms with van der Waals surface area (Å²) in [5, 5.41) is 4.21. The first-order valence-corrected chi connectivity index (χ1v) is 6.69. The molecule has 0 saturated carbocycles. The average Bonchev–Trinajstić information content (AvgIpc) is 2.88. The zero-order chi connectivity index (χ0) is 13.7. The minimum Gasteiger partial charge on any atom is -0.468 e. The Balaban J connectivity index is 1.90. The van der Waals surface area contributed by atoms with E-state index in [9.17, 15) is 0 Å². The number of hydrogen-bond acceptors (Lipinski definition) is 3. The summed E-state index contributed by atoms with van der Waals surface area (Å²) in [5.41, 5.74) is 1.18. The standard InChI is InChI=1S/C15H19ClN2O/c1-18(2)14(15-7-4-8-19-15)11-17-10-12-5-3-6-13(16)9-12/h3-9,14,17H,10-11H2,1-2H3. The predicted octanol–water partition coefficient (Wildman–Crippen LogP) is 3.33. The maximum absolute atomic E-state index is 5.97. The van der Waals surface area contributed by atoms with E-state index in [0.29, 0.717) is 0 Å². The second-order valence-corrected chi connectivity index (χ2v) is 5.19. The lowest BCUT2D eigenvalue weighted by molar-refractivity contribution is 0.250. The van der Waals surface area contributed by atoms with Crippen LogP contribution < -0.4 is 5.32 Å². The molecular weight excluding hydrogens is 260 g/mol. The van der Waals surface area contributed by atoms with E-state index in [1.165, 1.54) is 5.56 Å². The Morgan fingerprint density at radius 3 is 2.74 bits per heavy atom. The third kappa shape index (κ3) is 4.10. The molecule has 4 heteroatoms. The fraction of sp³-hybridized carbons (Fsp3) is 0.333. The van der Waals surface area contributed by atoms with E-state index in [4.69, 9.17) is 16.0 Å². The van der Waals surface area contributed by atoms with Gasteiger partial charge in [0.25, 0.3) is 0 Å². The highest BCUT2D eigenvalue weighted by atomic mass is 35.5. The predicted molar refractivity (Wildman–Crippen MR) is 78.3 cm³/mol. The van der Waals surface area contributed by atoms with Crippen LogP contribution in [0.5, 0.6) is 0 Å². The Morgan fingerprint density at radius 1 is 1.26 bits per heavy atom. The molecule has 2 rings (SSSR count). The molecule has 102 valence electrons. The van der Waals surface area contributed by atoms with Crippen molar-refractivity contribution in [2.24, 2.45) is 0 Å². The highest BCUT2D eigenvalue weighted by molar-refractivity contribution is 6.30. The minimum atomic E-state index is 0.231. The highest BCUT2D eigenvalue weighted by Crippen LogP contribution is 2.18. The van der Waals surface area contributed by atoms with Crippen molar-refractivity contribution in [2.75, 3.05) is 20.6 Å². The summed E-state index contributed by atoms with van der Waals surface area (Å²) in [7, 11) is 4.10. The molecule has 0 amide bonds. The normalized spacial score (nSPS) is 12.8. The molecule has 0 fully saturated rings. The van der Waals surface area contributed by atoms with Crippen LogP contribution in [0.25, 0.3) is 0 Å². The van der Waals surface area contributed by atoms with Crippen LogP contribution in [0.2, 0.25) is 5.02 Å². The molecule has 0 bridgehead atoms. The molecule has 0 aliphatic carbocycles. The van der Waals surface area contributed by atoms with Gasteiger partial charge in [-0.2, -0.15) is 0 Å². The lowest BCUT2D eigenvalue weighted by Crippen LogP contribution is -2.30. The van der Waals surface area contributed by atoms with Crippen molar-refractivity contribution in [3.05, 3.63) is 59.0 Å². The molecule has 1 aromatic carbocycles. The van der Waals surface area contributed by atoms with Crippen LogP contribution in [0.15, 0.2) is 47.1 Å². The first-order valence-electron chi connectivity index (χ1n) is 6.32. The van der Waals surface area contributed by atoms with Gasteiger partial charge in [-0.15, -0.1) is 0 Å². The van der Waals surface area contributed by atoms with Crippen molar-refractivity contribution in [1.82, 2.24) is 10.2 Å². The van der Waals surface area contributed by atoms with Gasteiger partial charge in [0.2, 0.25) is 0 Å². The second kappa shape index (κ2) is 6.75. The molecule has 19 heavy (non-hydrogen) atoms. The summed E-state index contributed by atoms with van der Waals surface area (Å²) in [6.45, 7) is 1.62. The van der Waals surface area contributed by atoms with E-state index in [1.54, 1.807) is 6.26 Å². The van der Waals surface area contributed by atoms with Crippen molar-refractivity contribution >= 4 is 11.6 Å². The van der Waals surface area contributed by atoms with Crippen molar-refractivity contribution in [1.29, 1.82) is 0 Å². The zero-order valence-electron chi connectivity index (χ0n) is 11.3. The van der Waals surface area contributed by atoms with Crippen LogP contribution >= 0.6 is 11.6 Å². The molecule has 1 unspecified atom stereocenters. The SMILES string of the molecule is CN(C)C(CNCc1cccc(Cl)c1)c1ccco1. The zero-order valence-corrected chi connectivity index (χ0v) is 12.0. The van der Waals surface area contributed by atoms with Gasteiger partial charge in [0, 0.05) is 18.1 Å². The van der Waals surface area contributed by atoms with Gasteiger partial charge in [0.1, 0.15) is 5.76 Å². The molecule has 0 aliphatic heterocycles. The van der Waals surface area contributed by atoms with Crippen molar-refractivity contribution in [2.45, 2.75) is 12.6 Å². The Bertz CT molecular complexity index is 497. The van der Waals surface area contributed by atoms with E-state index in [-0.39, 0.29) is 6.04 Å². The minimum absolute atomic E-state index is 0.231. The number of rotatable bonds is 6. The molecule has 0 aliphatic rings. The molecule has 0 radical (unpaired) electrons. The van der Waals surface area contributed by atoms with Crippen molar-refractivity contribution < 1.29 is 4.42 Å². The molecular formula is C15H19ClN2O. The number of halogens is 1. The van der Waals surface area contributed by atoms with Crippen LogP contribution in [0.3, 0.4) is 0 Å². The van der Waals surface area contributed by atoms with Gasteiger partial charge in [0.15, 0.2) is 0 Å². The van der Waals surface area contributed by atoms with E-state index in [2.05, 4.69) is 16.3 Å². The topological polar surface area (TPSA) is 28.4 Å². The third-order valence-electron chi connectivity index (χ3n) is 3.05. The summed E-state index contributed by atoms with van der Waals surface area (Å²) in [4.78, 5) is 2.14. The lowest BCUT2D eigenvalue weighted by atomic mass is 10.2. The molecule has 1 N–H and O–H groups in total.